The van der Waals surface area contributed by atoms with Gasteiger partial charge in [0.2, 0.25) is 10.0 Å². The summed E-state index contributed by atoms with van der Waals surface area (Å²) in [5.41, 5.74) is 0.245. The molecule has 8 heteroatoms. The van der Waals surface area contributed by atoms with Crippen LogP contribution in [0.4, 0.5) is 0 Å². The monoisotopic (exact) mass is 302 g/mol. The molecular weight excluding hydrogens is 292 g/mol. The van der Waals surface area contributed by atoms with Crippen LogP contribution >= 0.6 is 11.6 Å². The van der Waals surface area contributed by atoms with Gasteiger partial charge in [-0.15, -0.1) is 0 Å². The van der Waals surface area contributed by atoms with E-state index in [4.69, 9.17) is 16.9 Å². The number of halogens is 1. The van der Waals surface area contributed by atoms with Crippen molar-refractivity contribution >= 4 is 27.6 Å². The van der Waals surface area contributed by atoms with Crippen molar-refractivity contribution in [2.45, 2.75) is 11.8 Å². The summed E-state index contributed by atoms with van der Waals surface area (Å²) in [6.07, 6.45) is 0. The van der Waals surface area contributed by atoms with Gasteiger partial charge in [0, 0.05) is 0 Å². The minimum atomic E-state index is -3.92. The number of carbonyl (C=O) groups is 1. The predicted molar refractivity (Wildman–Crippen MR) is 68.0 cm³/mol. The van der Waals surface area contributed by atoms with Crippen molar-refractivity contribution in [2.75, 3.05) is 13.2 Å². The van der Waals surface area contributed by atoms with Gasteiger partial charge >= 0.3 is 5.97 Å². The molecule has 102 valence electrons. The molecule has 0 bridgehead atoms. The quantitative estimate of drug-likeness (QED) is 0.820. The van der Waals surface area contributed by atoms with E-state index >= 15 is 0 Å². The number of nitriles is 1. The first-order chi connectivity index (χ1) is 8.90. The third-order valence-corrected chi connectivity index (χ3v) is 3.95. The van der Waals surface area contributed by atoms with Crippen LogP contribution in [-0.4, -0.2) is 27.5 Å². The third-order valence-electron chi connectivity index (χ3n) is 2.06. The molecule has 0 aliphatic carbocycles. The average molecular weight is 303 g/mol. The summed E-state index contributed by atoms with van der Waals surface area (Å²) in [4.78, 5) is 10.9. The van der Waals surface area contributed by atoms with E-state index in [1.165, 1.54) is 18.2 Å². The Hall–Kier alpha value is -1.62. The fraction of sp³-hybridized carbons (Fsp3) is 0.273. The topological polar surface area (TPSA) is 96.3 Å². The van der Waals surface area contributed by atoms with Crippen LogP contribution in [0.25, 0.3) is 0 Å². The van der Waals surface area contributed by atoms with Gasteiger partial charge in [-0.2, -0.15) is 9.98 Å². The Balaban J connectivity index is 2.89. The van der Waals surface area contributed by atoms with Crippen LogP contribution in [0.15, 0.2) is 23.1 Å². The van der Waals surface area contributed by atoms with Crippen LogP contribution in [0.2, 0.25) is 5.02 Å². The molecule has 0 amide bonds. The number of hydrogen-bond donors (Lipinski definition) is 1. The van der Waals surface area contributed by atoms with Crippen molar-refractivity contribution in [3.05, 3.63) is 28.8 Å². The highest BCUT2D eigenvalue weighted by Crippen LogP contribution is 2.22. The minimum absolute atomic E-state index is 0.0876. The normalized spacial score (nSPS) is 10.8. The summed E-state index contributed by atoms with van der Waals surface area (Å²) in [6.45, 7) is 1.30. The minimum Gasteiger partial charge on any atom is -0.465 e. The third kappa shape index (κ3) is 4.21. The molecule has 0 aliphatic rings. The van der Waals surface area contributed by atoms with Crippen molar-refractivity contribution in [3.8, 4) is 6.07 Å². The Bertz CT molecular complexity index is 622. The molecule has 0 heterocycles. The summed E-state index contributed by atoms with van der Waals surface area (Å²) in [5.74, 6) is -0.684. The van der Waals surface area contributed by atoms with Gasteiger partial charge in [-0.3, -0.25) is 4.79 Å². The molecule has 0 spiro atoms. The number of carbonyl (C=O) groups excluding carboxylic acids is 1. The number of rotatable bonds is 5. The average Bonchev–Trinajstić information content (AvgIpc) is 2.36. The molecule has 0 saturated carbocycles. The first kappa shape index (κ1) is 15.4. The fourth-order valence-corrected chi connectivity index (χ4v) is 2.74. The summed E-state index contributed by atoms with van der Waals surface area (Å²) >= 11 is 5.78. The highest BCUT2D eigenvalue weighted by molar-refractivity contribution is 7.89. The Labute approximate surface area is 116 Å². The highest BCUT2D eigenvalue weighted by atomic mass is 35.5. The van der Waals surface area contributed by atoms with Crippen molar-refractivity contribution in [3.63, 3.8) is 0 Å². The SMILES string of the molecule is CCOC(=O)CNS(=O)(=O)c1ccc(C#N)cc1Cl. The van der Waals surface area contributed by atoms with Crippen molar-refractivity contribution in [1.82, 2.24) is 4.72 Å². The Kier molecular flexibility index (Phi) is 5.30. The number of esters is 1. The van der Waals surface area contributed by atoms with Gasteiger partial charge in [0.15, 0.2) is 0 Å². The van der Waals surface area contributed by atoms with E-state index < -0.39 is 22.5 Å². The zero-order valence-corrected chi connectivity index (χ0v) is 11.6. The van der Waals surface area contributed by atoms with E-state index in [0.29, 0.717) is 0 Å². The molecule has 0 aromatic heterocycles. The molecule has 0 radical (unpaired) electrons. The molecule has 6 nitrogen and oxygen atoms in total. The van der Waals surface area contributed by atoms with E-state index in [1.807, 2.05) is 6.07 Å². The standard InChI is InChI=1S/C11H11ClN2O4S/c1-2-18-11(15)7-14-19(16,17)10-4-3-8(6-13)5-9(10)12/h3-5,14H,2,7H2,1H3. The fourth-order valence-electron chi connectivity index (χ4n) is 1.23. The molecule has 1 aromatic carbocycles. The number of nitrogens with zero attached hydrogens (tertiary/aromatic N) is 1. The second kappa shape index (κ2) is 6.52. The van der Waals surface area contributed by atoms with Crippen molar-refractivity contribution in [1.29, 1.82) is 5.26 Å². The van der Waals surface area contributed by atoms with Gasteiger partial charge < -0.3 is 4.74 Å². The lowest BCUT2D eigenvalue weighted by atomic mass is 10.2. The highest BCUT2D eigenvalue weighted by Gasteiger charge is 2.19. The lowest BCUT2D eigenvalue weighted by molar-refractivity contribution is -0.141. The number of nitrogens with one attached hydrogen (secondary N) is 1. The van der Waals surface area contributed by atoms with Crippen LogP contribution in [0, 0.1) is 11.3 Å². The van der Waals surface area contributed by atoms with Crippen LogP contribution < -0.4 is 4.72 Å². The second-order valence-electron chi connectivity index (χ2n) is 3.39. The zero-order valence-electron chi connectivity index (χ0n) is 10.0. The van der Waals surface area contributed by atoms with Crippen LogP contribution in [0.3, 0.4) is 0 Å². The molecule has 0 unspecified atom stereocenters. The molecule has 0 atom stereocenters. The van der Waals surface area contributed by atoms with Gasteiger partial charge in [0.25, 0.3) is 0 Å². The van der Waals surface area contributed by atoms with E-state index in [1.54, 1.807) is 6.92 Å². The van der Waals surface area contributed by atoms with Gasteiger partial charge in [0.1, 0.15) is 11.4 Å². The molecular formula is C11H11ClN2O4S. The van der Waals surface area contributed by atoms with Crippen molar-refractivity contribution in [2.24, 2.45) is 0 Å². The number of ether oxygens (including phenoxy) is 1. The van der Waals surface area contributed by atoms with Gasteiger partial charge in [0.05, 0.1) is 23.3 Å². The smallest absolute Gasteiger partial charge is 0.321 e. The van der Waals surface area contributed by atoms with Crippen LogP contribution in [0.5, 0.6) is 0 Å². The van der Waals surface area contributed by atoms with Gasteiger partial charge in [-0.05, 0) is 25.1 Å². The summed E-state index contributed by atoms with van der Waals surface area (Å²) < 4.78 is 30.4. The largest absolute Gasteiger partial charge is 0.465 e. The molecule has 0 aliphatic heterocycles. The Morgan fingerprint density at radius 3 is 2.74 bits per heavy atom. The van der Waals surface area contributed by atoms with Crippen molar-refractivity contribution < 1.29 is 17.9 Å². The molecule has 1 rings (SSSR count). The summed E-state index contributed by atoms with van der Waals surface area (Å²) in [7, 11) is -3.92. The lowest BCUT2D eigenvalue weighted by Gasteiger charge is -2.08. The van der Waals surface area contributed by atoms with Crippen LogP contribution in [-0.2, 0) is 19.6 Å². The molecule has 0 saturated heterocycles. The second-order valence-corrected chi connectivity index (χ2v) is 5.53. The predicted octanol–water partition coefficient (Wildman–Crippen LogP) is 1.05. The number of sulfonamides is 1. The Morgan fingerprint density at radius 1 is 1.53 bits per heavy atom. The maximum absolute atomic E-state index is 11.9. The maximum atomic E-state index is 11.9. The number of benzene rings is 1. The summed E-state index contributed by atoms with van der Waals surface area (Å²) in [6, 6.07) is 5.60. The van der Waals surface area contributed by atoms with E-state index in [2.05, 4.69) is 9.46 Å². The first-order valence-electron chi connectivity index (χ1n) is 5.25. The lowest BCUT2D eigenvalue weighted by Crippen LogP contribution is -2.30. The first-order valence-corrected chi connectivity index (χ1v) is 7.11. The van der Waals surface area contributed by atoms with E-state index in [9.17, 15) is 13.2 Å². The maximum Gasteiger partial charge on any atom is 0.321 e. The molecule has 19 heavy (non-hydrogen) atoms. The number of hydrogen-bond acceptors (Lipinski definition) is 5. The van der Waals surface area contributed by atoms with Gasteiger partial charge in [-0.25, -0.2) is 8.42 Å². The molecule has 0 fully saturated rings. The van der Waals surface area contributed by atoms with E-state index in [-0.39, 0.29) is 22.1 Å². The molecule has 1 aromatic rings. The zero-order chi connectivity index (χ0) is 14.5. The van der Waals surface area contributed by atoms with E-state index in [0.717, 1.165) is 0 Å². The van der Waals surface area contributed by atoms with Crippen LogP contribution in [0.1, 0.15) is 12.5 Å². The molecule has 1 N–H and O–H groups in total. The van der Waals surface area contributed by atoms with Gasteiger partial charge in [-0.1, -0.05) is 11.6 Å². The Morgan fingerprint density at radius 2 is 2.21 bits per heavy atom. The summed E-state index contributed by atoms with van der Waals surface area (Å²) in [5, 5.41) is 8.57.